The summed E-state index contributed by atoms with van der Waals surface area (Å²) in [6, 6.07) is 4.88. The molecule has 0 aromatic heterocycles. The Kier molecular flexibility index (Phi) is 6.49. The fourth-order valence-electron chi connectivity index (χ4n) is 2.82. The molecule has 0 aliphatic heterocycles. The molecule has 1 aliphatic carbocycles. The summed E-state index contributed by atoms with van der Waals surface area (Å²) >= 11 is 0. The van der Waals surface area contributed by atoms with Crippen molar-refractivity contribution in [2.45, 2.75) is 36.1 Å². The standard InChI is InChI=1S/C14H22N2O4S.ClH/c1-19-11-6-5-7-12(20-2)13(11)21(17,18)16-14(10-15)8-3-4-9-14;/h5-7,16H,3-4,8-10,15H2,1-2H3;1H. The van der Waals surface area contributed by atoms with E-state index >= 15 is 0 Å². The predicted octanol–water partition coefficient (Wildman–Crippen LogP) is 1.68. The third kappa shape index (κ3) is 3.65. The van der Waals surface area contributed by atoms with E-state index in [4.69, 9.17) is 15.2 Å². The summed E-state index contributed by atoms with van der Waals surface area (Å²) < 4.78 is 38.7. The van der Waals surface area contributed by atoms with E-state index in [1.54, 1.807) is 18.2 Å². The third-order valence-electron chi connectivity index (χ3n) is 3.95. The molecule has 2 rings (SSSR count). The van der Waals surface area contributed by atoms with E-state index in [1.165, 1.54) is 14.2 Å². The number of ether oxygens (including phenoxy) is 2. The van der Waals surface area contributed by atoms with Gasteiger partial charge in [-0.15, -0.1) is 12.4 Å². The van der Waals surface area contributed by atoms with Crippen molar-refractivity contribution in [3.63, 3.8) is 0 Å². The lowest BCUT2D eigenvalue weighted by atomic mass is 10.0. The molecule has 3 N–H and O–H groups in total. The Labute approximate surface area is 137 Å². The number of benzene rings is 1. The van der Waals surface area contributed by atoms with E-state index in [9.17, 15) is 8.42 Å². The van der Waals surface area contributed by atoms with Gasteiger partial charge in [-0.3, -0.25) is 0 Å². The fraction of sp³-hybridized carbons (Fsp3) is 0.571. The van der Waals surface area contributed by atoms with Crippen molar-refractivity contribution >= 4 is 22.4 Å². The summed E-state index contributed by atoms with van der Waals surface area (Å²) in [6.07, 6.45) is 3.45. The molecule has 0 bridgehead atoms. The molecule has 1 aromatic rings. The molecular formula is C14H23ClN2O4S. The first kappa shape index (κ1) is 19.0. The zero-order chi connectivity index (χ0) is 15.5. The smallest absolute Gasteiger partial charge is 0.248 e. The molecule has 0 saturated heterocycles. The minimum atomic E-state index is -3.78. The first-order chi connectivity index (χ1) is 9.98. The molecule has 1 aliphatic rings. The molecule has 22 heavy (non-hydrogen) atoms. The highest BCUT2D eigenvalue weighted by Crippen LogP contribution is 2.36. The molecule has 0 atom stereocenters. The molecule has 0 unspecified atom stereocenters. The van der Waals surface area contributed by atoms with E-state index in [0.29, 0.717) is 0 Å². The van der Waals surface area contributed by atoms with Crippen LogP contribution < -0.4 is 19.9 Å². The SMILES string of the molecule is COc1cccc(OC)c1S(=O)(=O)NC1(CN)CCCC1.Cl. The highest BCUT2D eigenvalue weighted by atomic mass is 35.5. The van der Waals surface area contributed by atoms with Crippen molar-refractivity contribution in [2.24, 2.45) is 5.73 Å². The summed E-state index contributed by atoms with van der Waals surface area (Å²) in [6.45, 7) is 0.281. The lowest BCUT2D eigenvalue weighted by molar-refractivity contribution is 0.366. The highest BCUT2D eigenvalue weighted by Gasteiger charge is 2.38. The quantitative estimate of drug-likeness (QED) is 0.814. The molecule has 1 fully saturated rings. The maximum Gasteiger partial charge on any atom is 0.248 e. The first-order valence-corrected chi connectivity index (χ1v) is 8.41. The molecule has 8 heteroatoms. The second-order valence-electron chi connectivity index (χ2n) is 5.29. The average Bonchev–Trinajstić information content (AvgIpc) is 2.94. The number of hydrogen-bond acceptors (Lipinski definition) is 5. The van der Waals surface area contributed by atoms with Gasteiger partial charge in [-0.05, 0) is 25.0 Å². The van der Waals surface area contributed by atoms with Crippen molar-refractivity contribution in [1.29, 1.82) is 0 Å². The Morgan fingerprint density at radius 3 is 2.09 bits per heavy atom. The number of halogens is 1. The van der Waals surface area contributed by atoms with Crippen LogP contribution in [0.3, 0.4) is 0 Å². The molecule has 6 nitrogen and oxygen atoms in total. The van der Waals surface area contributed by atoms with E-state index in [2.05, 4.69) is 4.72 Å². The van der Waals surface area contributed by atoms with Gasteiger partial charge >= 0.3 is 0 Å². The Hall–Kier alpha value is -1.02. The Morgan fingerprint density at radius 1 is 1.18 bits per heavy atom. The summed E-state index contributed by atoms with van der Waals surface area (Å²) in [5.41, 5.74) is 5.24. The van der Waals surface area contributed by atoms with Crippen molar-refractivity contribution in [2.75, 3.05) is 20.8 Å². The van der Waals surface area contributed by atoms with Gasteiger partial charge in [0.1, 0.15) is 11.5 Å². The average molecular weight is 351 g/mol. The first-order valence-electron chi connectivity index (χ1n) is 6.93. The van der Waals surface area contributed by atoms with Gasteiger partial charge in [0.2, 0.25) is 10.0 Å². The van der Waals surface area contributed by atoms with Crippen LogP contribution in [-0.2, 0) is 10.0 Å². The van der Waals surface area contributed by atoms with Crippen LogP contribution in [-0.4, -0.2) is 34.7 Å². The molecule has 1 aromatic carbocycles. The van der Waals surface area contributed by atoms with Crippen LogP contribution in [0.25, 0.3) is 0 Å². The number of methoxy groups -OCH3 is 2. The number of hydrogen-bond donors (Lipinski definition) is 2. The zero-order valence-electron chi connectivity index (χ0n) is 12.8. The van der Waals surface area contributed by atoms with Gasteiger partial charge in [-0.1, -0.05) is 18.9 Å². The molecule has 1 saturated carbocycles. The van der Waals surface area contributed by atoms with Gasteiger partial charge in [0.05, 0.1) is 14.2 Å². The predicted molar refractivity (Wildman–Crippen MR) is 87.4 cm³/mol. The maximum atomic E-state index is 12.8. The molecule has 0 spiro atoms. The van der Waals surface area contributed by atoms with Crippen LogP contribution in [0.4, 0.5) is 0 Å². The van der Waals surface area contributed by atoms with Crippen molar-refractivity contribution in [1.82, 2.24) is 4.72 Å². The van der Waals surface area contributed by atoms with E-state index in [-0.39, 0.29) is 35.3 Å². The lowest BCUT2D eigenvalue weighted by Gasteiger charge is -2.29. The fourth-order valence-corrected chi connectivity index (χ4v) is 4.61. The normalized spacial score (nSPS) is 16.9. The van der Waals surface area contributed by atoms with Gasteiger partial charge in [-0.25, -0.2) is 13.1 Å². The van der Waals surface area contributed by atoms with Gasteiger partial charge in [-0.2, -0.15) is 0 Å². The molecule has 0 radical (unpaired) electrons. The van der Waals surface area contributed by atoms with Gasteiger partial charge in [0, 0.05) is 12.1 Å². The molecule has 126 valence electrons. The monoisotopic (exact) mass is 350 g/mol. The molecule has 0 heterocycles. The molecule has 0 amide bonds. The van der Waals surface area contributed by atoms with Crippen molar-refractivity contribution in [3.8, 4) is 11.5 Å². The van der Waals surface area contributed by atoms with Crippen LogP contribution in [0.2, 0.25) is 0 Å². The Bertz CT molecular complexity index is 579. The number of sulfonamides is 1. The minimum Gasteiger partial charge on any atom is -0.495 e. The summed E-state index contributed by atoms with van der Waals surface area (Å²) in [5.74, 6) is 0.513. The van der Waals surface area contributed by atoms with Crippen LogP contribution >= 0.6 is 12.4 Å². The van der Waals surface area contributed by atoms with Crippen LogP contribution in [0.5, 0.6) is 11.5 Å². The lowest BCUT2D eigenvalue weighted by Crippen LogP contribution is -2.51. The second-order valence-corrected chi connectivity index (χ2v) is 6.91. The number of nitrogens with two attached hydrogens (primary N) is 1. The highest BCUT2D eigenvalue weighted by molar-refractivity contribution is 7.89. The Morgan fingerprint density at radius 2 is 1.68 bits per heavy atom. The summed E-state index contributed by atoms with van der Waals surface area (Å²) in [7, 11) is -0.915. The topological polar surface area (TPSA) is 90.6 Å². The second kappa shape index (κ2) is 7.50. The Balaban J connectivity index is 0.00000242. The van der Waals surface area contributed by atoms with Crippen molar-refractivity contribution in [3.05, 3.63) is 18.2 Å². The summed E-state index contributed by atoms with van der Waals surface area (Å²) in [5, 5.41) is 0. The van der Waals surface area contributed by atoms with Crippen molar-refractivity contribution < 1.29 is 17.9 Å². The number of rotatable bonds is 6. The number of nitrogens with one attached hydrogen (secondary N) is 1. The zero-order valence-corrected chi connectivity index (χ0v) is 14.4. The third-order valence-corrected chi connectivity index (χ3v) is 5.60. The van der Waals surface area contributed by atoms with Crippen LogP contribution in [0, 0.1) is 0 Å². The van der Waals surface area contributed by atoms with E-state index in [1.807, 2.05) is 0 Å². The van der Waals surface area contributed by atoms with Gasteiger partial charge in [0.15, 0.2) is 4.90 Å². The minimum absolute atomic E-state index is 0. The van der Waals surface area contributed by atoms with Gasteiger partial charge < -0.3 is 15.2 Å². The van der Waals surface area contributed by atoms with E-state index < -0.39 is 15.6 Å². The van der Waals surface area contributed by atoms with Gasteiger partial charge in [0.25, 0.3) is 0 Å². The maximum absolute atomic E-state index is 12.8. The van der Waals surface area contributed by atoms with Crippen LogP contribution in [0.1, 0.15) is 25.7 Å². The van der Waals surface area contributed by atoms with Crippen LogP contribution in [0.15, 0.2) is 23.1 Å². The largest absolute Gasteiger partial charge is 0.495 e. The van der Waals surface area contributed by atoms with E-state index in [0.717, 1.165) is 25.7 Å². The molecular weight excluding hydrogens is 328 g/mol. The summed E-state index contributed by atoms with van der Waals surface area (Å²) in [4.78, 5) is 0.0229.